The second-order valence-electron chi connectivity index (χ2n) is 0. The molecule has 0 saturated heterocycles. The Labute approximate surface area is 60.3 Å². The van der Waals surface area contributed by atoms with E-state index in [2.05, 4.69) is 0 Å². The van der Waals surface area contributed by atoms with Crippen LogP contribution in [0.5, 0.6) is 0 Å². The Hall–Kier alpha value is -15.0. The van der Waals surface area contributed by atoms with Crippen molar-refractivity contribution in [3.8, 4) is 0 Å². The molecule has 0 spiro atoms. The molecule has 0 bridgehead atoms. The van der Waals surface area contributed by atoms with Gasteiger partial charge in [-0.3, -0.25) is 0 Å². The fourth-order valence-electron chi connectivity index (χ4n) is 0. The first-order valence-corrected chi connectivity index (χ1v) is 0. The summed E-state index contributed by atoms with van der Waals surface area (Å²) in [6.45, 7) is 0. The molecule has 0 aromatic heterocycles. The third kappa shape index (κ3) is 0.778. The van der Waals surface area contributed by atoms with Gasteiger partial charge in [0.2, 0.25) is 0 Å². The SMILES string of the molecule is C.C.C.C.C.C.C.C.[No].[No].[No].[No].[No].[No].[No].[No].[No].[No].[No].[No].[No].[No].[No]. The van der Waals surface area contributed by atoms with E-state index in [-0.39, 0.29) is 59.4 Å². The molecular formula is C8H32No15. The molecule has 0 unspecified atom stereocenters. The van der Waals surface area contributed by atoms with E-state index in [0.717, 1.165) is 0 Å². The summed E-state index contributed by atoms with van der Waals surface area (Å²) in [5.74, 6) is 0. The minimum atomic E-state index is 0. The number of rotatable bonds is 0. The van der Waals surface area contributed by atoms with Crippen LogP contribution in [0.15, 0.2) is 0 Å². The van der Waals surface area contributed by atoms with Gasteiger partial charge in [-0.15, -0.1) is 0 Å². The van der Waals surface area contributed by atoms with E-state index in [4.69, 9.17) is 0 Å². The summed E-state index contributed by atoms with van der Waals surface area (Å²) in [6.07, 6.45) is 0. The van der Waals surface area contributed by atoms with Crippen molar-refractivity contribution in [3.05, 3.63) is 0 Å². The standard InChI is InChI=1S/8CH4.15No/h8*1H4;;;;;;;;;;;;;;;. The molecule has 0 rings (SSSR count). The first-order chi connectivity index (χ1) is 0. The first-order valence-electron chi connectivity index (χ1n) is 0. The number of hydrogen-bond acceptors (Lipinski definition) is 0. The summed E-state index contributed by atoms with van der Waals surface area (Å²) in [4.78, 5) is 0. The predicted octanol–water partition coefficient (Wildman–Crippen LogP) is 5.09. The van der Waals surface area contributed by atoms with E-state index in [1.807, 2.05) is 0 Å². The Morgan fingerprint density at radius 2 is 0.0870 bits per heavy atom. The van der Waals surface area contributed by atoms with Crippen molar-refractivity contribution in [2.75, 3.05) is 0 Å². The van der Waals surface area contributed by atoms with Gasteiger partial charge in [0.1, 0.15) is 0 Å². The molecule has 0 amide bonds. The van der Waals surface area contributed by atoms with Gasteiger partial charge in [0.25, 0.3) is 0 Å². The van der Waals surface area contributed by atoms with Crippen molar-refractivity contribution in [2.45, 2.75) is 59.4 Å². The monoisotopic (exact) mass is 4010 g/mol. The normalized spacial score (nSPS) is 0. The topological polar surface area (TPSA) is 0 Å². The third-order valence-electron chi connectivity index (χ3n) is 0. The summed E-state index contributed by atoms with van der Waals surface area (Å²) in [5.41, 5.74) is 0. The molecule has 0 aliphatic heterocycles. The van der Waals surface area contributed by atoms with E-state index < -0.39 is 0 Å². The van der Waals surface area contributed by atoms with Gasteiger partial charge in [0.05, 0.1) is 0 Å². The smallest absolute Gasteiger partial charge is 0 e. The van der Waals surface area contributed by atoms with Crippen molar-refractivity contribution < 1.29 is 0 Å². The summed E-state index contributed by atoms with van der Waals surface area (Å²) in [6, 6.07) is 0. The Morgan fingerprint density at radius 1 is 0.0870 bits per heavy atom. The molecule has 15 heteroatoms. The van der Waals surface area contributed by atoms with Gasteiger partial charge in [-0.05, 0) is 0 Å². The zero-order valence-corrected chi connectivity index (χ0v) is 37.4. The van der Waals surface area contributed by atoms with E-state index >= 15 is 0 Å². The number of hydrogen-bond donors (Lipinski definition) is 0. The van der Waals surface area contributed by atoms with Gasteiger partial charge in [-0.25, -0.2) is 0 Å². The average Bonchev–Trinajstić information content (AvgIpc) is 0. The van der Waals surface area contributed by atoms with E-state index in [1.54, 1.807) is 0 Å². The maximum Gasteiger partial charge on any atom is 0 e. The van der Waals surface area contributed by atoms with Crippen LogP contribution in [0.2, 0.25) is 0 Å². The molecule has 0 aromatic rings. The van der Waals surface area contributed by atoms with Crippen molar-refractivity contribution in [2.24, 2.45) is 0 Å². The Kier molecular flexibility index (Phi) is 0.0848. The Bertz CT molecular complexity index is 21.4. The van der Waals surface area contributed by atoms with Gasteiger partial charge in [-0.2, -0.15) is 0 Å². The third-order valence-corrected chi connectivity index (χ3v) is 0. The van der Waals surface area contributed by atoms with Crippen LogP contribution in [0.1, 0.15) is 59.4 Å². The second kappa shape index (κ2) is 1.12. The molecule has 0 nitrogen and oxygen atoms in total. The molecule has 0 heterocycles. The minimum absolute atomic E-state index is 0. The summed E-state index contributed by atoms with van der Waals surface area (Å²) in [7, 11) is 0. The Balaban J connectivity index is 0. The molecule has 0 aromatic carbocycles. The molecule has 0 saturated carbocycles. The quantitative estimate of drug-likeness (QED) is 0.318. The molecule has 23 heavy (non-hydrogen) atoms. The van der Waals surface area contributed by atoms with Crippen LogP contribution in [0, 0.1) is 0 Å². The molecule has 0 fully saturated rings. The van der Waals surface area contributed by atoms with Gasteiger partial charge < -0.3 is 0 Å². The molecule has 0 aliphatic carbocycles. The van der Waals surface area contributed by atoms with Gasteiger partial charge in [0.15, 0.2) is 0 Å². The minimum Gasteiger partial charge on any atom is -0.0776 e. The van der Waals surface area contributed by atoms with Crippen LogP contribution in [0.3, 0.4) is 0 Å². The van der Waals surface area contributed by atoms with Gasteiger partial charge in [-0.1, -0.05) is 59.4 Å². The maximum absolute atomic E-state index is 0. The molecule has 0 atom stereocenters. The summed E-state index contributed by atoms with van der Waals surface area (Å²) >= 11 is 0. The summed E-state index contributed by atoms with van der Waals surface area (Å²) < 4.78 is 0. The zero-order chi connectivity index (χ0) is 0. The molecule has 0 N–H and O–H groups in total. The van der Waals surface area contributed by atoms with Crippen LogP contribution in [0.25, 0.3) is 0 Å². The van der Waals surface area contributed by atoms with Gasteiger partial charge in [0, 0.05) is 0 Å². The largest absolute Gasteiger partial charge is 0.0776 e. The predicted molar refractivity (Wildman–Crippen MR) is 53.8 cm³/mol. The molecular weight excluding hydrogens is 3980 g/mol. The van der Waals surface area contributed by atoms with Crippen LogP contribution in [-0.4, -0.2) is 0 Å². The van der Waals surface area contributed by atoms with Crippen molar-refractivity contribution in [3.63, 3.8) is 0 Å². The van der Waals surface area contributed by atoms with Crippen LogP contribution in [-0.2, 0) is 0 Å². The Morgan fingerprint density at radius 3 is 0.0870 bits per heavy atom. The van der Waals surface area contributed by atoms with Gasteiger partial charge >= 0.3 is 0 Å². The van der Waals surface area contributed by atoms with E-state index in [0.29, 0.717) is 0 Å². The first kappa shape index (κ1) is 1.74. The fourth-order valence-corrected chi connectivity index (χ4v) is 0. The van der Waals surface area contributed by atoms with Crippen LogP contribution in [0.4, 0.5) is 0 Å². The molecule has 0 radical (unpaired) electrons. The molecule has 0 aliphatic rings. The fraction of sp³-hybridized carbons (Fsp3) is 1.00. The van der Waals surface area contributed by atoms with Crippen LogP contribution >= 0.6 is 0 Å². The van der Waals surface area contributed by atoms with Crippen LogP contribution < -0.4 is 0 Å². The maximum atomic E-state index is 0. The zero-order valence-electron chi connectivity index (χ0n) is 4.01. The summed E-state index contributed by atoms with van der Waals surface area (Å²) in [5, 5.41) is 0. The molecule has 274 valence electrons. The van der Waals surface area contributed by atoms with E-state index in [1.165, 1.54) is 0 Å². The van der Waals surface area contributed by atoms with E-state index in [9.17, 15) is 0 Å². The van der Waals surface area contributed by atoms with Crippen molar-refractivity contribution >= 4 is 0 Å². The van der Waals surface area contributed by atoms with Crippen molar-refractivity contribution in [1.29, 1.82) is 0 Å². The second-order valence-corrected chi connectivity index (χ2v) is 0. The average molecular weight is 4010 g/mol. The van der Waals surface area contributed by atoms with Crippen molar-refractivity contribution in [1.82, 2.24) is 0 Å².